The molecule has 0 spiro atoms. The highest BCUT2D eigenvalue weighted by atomic mass is 32.2. The van der Waals surface area contributed by atoms with Crippen LogP contribution in [0.2, 0.25) is 0 Å². The van der Waals surface area contributed by atoms with E-state index in [1.165, 1.54) is 24.6 Å². The summed E-state index contributed by atoms with van der Waals surface area (Å²) in [4.78, 5) is 4.54. The smallest absolute Gasteiger partial charge is 0.240 e. The minimum atomic E-state index is -4.64. The second-order valence-corrected chi connectivity index (χ2v) is 8.94. The third kappa shape index (κ3) is 5.29. The van der Waals surface area contributed by atoms with Crippen LogP contribution in [-0.4, -0.2) is 4.98 Å². The average Bonchev–Trinajstić information content (AvgIpc) is 3.61. The van der Waals surface area contributed by atoms with Gasteiger partial charge in [-0.05, 0) is 30.4 Å². The van der Waals surface area contributed by atoms with Crippen LogP contribution in [0.5, 0.6) is 0 Å². The van der Waals surface area contributed by atoms with Gasteiger partial charge in [-0.3, -0.25) is 0 Å². The Hall–Kier alpha value is -2.78. The fourth-order valence-electron chi connectivity index (χ4n) is 3.59. The van der Waals surface area contributed by atoms with Gasteiger partial charge in [-0.1, -0.05) is 85.3 Å². The first-order chi connectivity index (χ1) is 15.0. The number of aromatic nitrogens is 1. The number of alkyl halides is 3. The zero-order valence-electron chi connectivity index (χ0n) is 16.8. The maximum absolute atomic E-state index is 13.8. The Morgan fingerprint density at radius 2 is 1.68 bits per heavy atom. The van der Waals surface area contributed by atoms with E-state index in [2.05, 4.69) is 4.98 Å². The Kier molecular flexibility index (Phi) is 6.33. The van der Waals surface area contributed by atoms with Crippen LogP contribution in [0.1, 0.15) is 47.6 Å². The van der Waals surface area contributed by atoms with Crippen molar-refractivity contribution in [3.63, 3.8) is 0 Å². The minimum Gasteiger partial charge on any atom is -0.240 e. The number of benzene rings is 2. The Balaban J connectivity index is 1.78. The lowest BCUT2D eigenvalue weighted by molar-refractivity contribution is -0.138. The van der Waals surface area contributed by atoms with Gasteiger partial charge < -0.3 is 0 Å². The summed E-state index contributed by atoms with van der Waals surface area (Å²) >= 11 is 1.27. The van der Waals surface area contributed by atoms with Crippen molar-refractivity contribution < 1.29 is 13.2 Å². The van der Waals surface area contributed by atoms with Crippen LogP contribution < -0.4 is 0 Å². The first-order valence-corrected chi connectivity index (χ1v) is 11.1. The summed E-state index contributed by atoms with van der Waals surface area (Å²) in [6.07, 6.45) is -0.337. The quantitative estimate of drug-likeness (QED) is 0.355. The predicted octanol–water partition coefficient (Wildman–Crippen LogP) is 7.66. The SMILES string of the molecule is N#Cc1c(C(F)(F)F)cc(-c2ccccc2)nc1S[C@H](CCC1CC1)c1ccccc1. The number of rotatable bonds is 7. The minimum absolute atomic E-state index is 0.0616. The molecule has 2 nitrogen and oxygen atoms in total. The molecular weight excluding hydrogens is 417 g/mol. The van der Waals surface area contributed by atoms with Gasteiger partial charge in [0.25, 0.3) is 0 Å². The summed E-state index contributed by atoms with van der Waals surface area (Å²) in [5.41, 5.74) is 0.527. The van der Waals surface area contributed by atoms with Gasteiger partial charge in [-0.15, -0.1) is 0 Å². The molecule has 4 rings (SSSR count). The fraction of sp³-hybridized carbons (Fsp3) is 0.280. The molecule has 0 N–H and O–H groups in total. The third-order valence-corrected chi connectivity index (χ3v) is 6.74. The highest BCUT2D eigenvalue weighted by molar-refractivity contribution is 7.99. The second kappa shape index (κ2) is 9.15. The van der Waals surface area contributed by atoms with Crippen LogP contribution in [0.3, 0.4) is 0 Å². The van der Waals surface area contributed by atoms with Crippen molar-refractivity contribution in [3.05, 3.63) is 83.4 Å². The van der Waals surface area contributed by atoms with Crippen molar-refractivity contribution >= 4 is 11.8 Å². The molecule has 0 bridgehead atoms. The van der Waals surface area contributed by atoms with E-state index in [-0.39, 0.29) is 16.0 Å². The largest absolute Gasteiger partial charge is 0.417 e. The molecular formula is C25H21F3N2S. The monoisotopic (exact) mass is 438 g/mol. The summed E-state index contributed by atoms with van der Waals surface area (Å²) in [7, 11) is 0. The van der Waals surface area contributed by atoms with Crippen molar-refractivity contribution in [2.24, 2.45) is 5.92 Å². The molecule has 0 radical (unpaired) electrons. The summed E-state index contributed by atoms with van der Waals surface area (Å²) in [6.45, 7) is 0. The van der Waals surface area contributed by atoms with Crippen LogP contribution in [0.15, 0.2) is 71.8 Å². The molecule has 3 aromatic rings. The van der Waals surface area contributed by atoms with Crippen molar-refractivity contribution in [1.82, 2.24) is 4.98 Å². The highest BCUT2D eigenvalue weighted by Gasteiger charge is 2.36. The van der Waals surface area contributed by atoms with Crippen LogP contribution in [-0.2, 0) is 6.18 Å². The summed E-state index contributed by atoms with van der Waals surface area (Å²) in [5, 5.41) is 9.71. The van der Waals surface area contributed by atoms with Crippen molar-refractivity contribution in [1.29, 1.82) is 5.26 Å². The fourth-order valence-corrected chi connectivity index (χ4v) is 4.83. The van der Waals surface area contributed by atoms with Gasteiger partial charge in [0.15, 0.2) is 0 Å². The first-order valence-electron chi connectivity index (χ1n) is 10.2. The molecule has 6 heteroatoms. The lowest BCUT2D eigenvalue weighted by Gasteiger charge is -2.20. The molecule has 0 saturated heterocycles. The molecule has 31 heavy (non-hydrogen) atoms. The standard InChI is InChI=1S/C25H21F3N2S/c26-25(27,28)21-15-22(18-7-3-1-4-8-18)30-24(20(21)16-29)31-23(14-13-17-11-12-17)19-9-5-2-6-10-19/h1-10,15,17,23H,11-14H2/t23-/m1/s1. The number of nitriles is 1. The molecule has 1 aromatic heterocycles. The van der Waals surface area contributed by atoms with Crippen LogP contribution >= 0.6 is 11.8 Å². The van der Waals surface area contributed by atoms with Crippen molar-refractivity contribution in [2.75, 3.05) is 0 Å². The third-order valence-electron chi connectivity index (χ3n) is 5.43. The van der Waals surface area contributed by atoms with E-state index in [0.29, 0.717) is 11.5 Å². The molecule has 1 aliphatic rings. The number of hydrogen-bond donors (Lipinski definition) is 0. The molecule has 1 heterocycles. The Labute approximate surface area is 184 Å². The first kappa shape index (κ1) is 21.5. The predicted molar refractivity (Wildman–Crippen MR) is 116 cm³/mol. The summed E-state index contributed by atoms with van der Waals surface area (Å²) in [5.74, 6) is 0.705. The van der Waals surface area contributed by atoms with E-state index < -0.39 is 17.3 Å². The average molecular weight is 439 g/mol. The van der Waals surface area contributed by atoms with Crippen LogP contribution in [0.25, 0.3) is 11.3 Å². The maximum atomic E-state index is 13.8. The number of nitrogens with zero attached hydrogens (tertiary/aromatic N) is 2. The van der Waals surface area contributed by atoms with E-state index >= 15 is 0 Å². The number of halogens is 3. The lowest BCUT2D eigenvalue weighted by atomic mass is 10.1. The van der Waals surface area contributed by atoms with Crippen LogP contribution in [0, 0.1) is 17.2 Å². The Bertz CT molecular complexity index is 1070. The van der Waals surface area contributed by atoms with E-state index in [0.717, 1.165) is 24.5 Å². The number of pyridine rings is 1. The maximum Gasteiger partial charge on any atom is 0.417 e. The van der Waals surface area contributed by atoms with Gasteiger partial charge in [0.1, 0.15) is 11.1 Å². The van der Waals surface area contributed by atoms with E-state index in [1.54, 1.807) is 36.4 Å². The number of thioether (sulfide) groups is 1. The van der Waals surface area contributed by atoms with E-state index in [1.807, 2.05) is 30.3 Å². The highest BCUT2D eigenvalue weighted by Crippen LogP contribution is 2.45. The molecule has 1 aliphatic carbocycles. The Morgan fingerprint density at radius 1 is 1.03 bits per heavy atom. The van der Waals surface area contributed by atoms with Crippen LogP contribution in [0.4, 0.5) is 13.2 Å². The summed E-state index contributed by atoms with van der Waals surface area (Å²) in [6, 6.07) is 21.3. The van der Waals surface area contributed by atoms with Crippen molar-refractivity contribution in [3.8, 4) is 17.3 Å². The molecule has 1 fully saturated rings. The molecule has 0 amide bonds. The molecule has 0 aliphatic heterocycles. The lowest BCUT2D eigenvalue weighted by Crippen LogP contribution is -2.11. The van der Waals surface area contributed by atoms with Gasteiger partial charge in [-0.25, -0.2) is 4.98 Å². The molecule has 2 aromatic carbocycles. The molecule has 158 valence electrons. The zero-order chi connectivity index (χ0) is 21.8. The molecule has 0 unspecified atom stereocenters. The van der Waals surface area contributed by atoms with Gasteiger partial charge in [-0.2, -0.15) is 18.4 Å². The topological polar surface area (TPSA) is 36.7 Å². The normalized spacial score (nSPS) is 14.8. The molecule has 1 saturated carbocycles. The van der Waals surface area contributed by atoms with E-state index in [9.17, 15) is 18.4 Å². The molecule has 1 atom stereocenters. The van der Waals surface area contributed by atoms with Crippen molar-refractivity contribution in [2.45, 2.75) is 42.1 Å². The number of hydrogen-bond acceptors (Lipinski definition) is 3. The van der Waals surface area contributed by atoms with Gasteiger partial charge in [0, 0.05) is 10.8 Å². The Morgan fingerprint density at radius 3 is 2.26 bits per heavy atom. The zero-order valence-corrected chi connectivity index (χ0v) is 17.6. The summed E-state index contributed by atoms with van der Waals surface area (Å²) < 4.78 is 41.5. The van der Waals surface area contributed by atoms with Gasteiger partial charge >= 0.3 is 6.18 Å². The van der Waals surface area contributed by atoms with Gasteiger partial charge in [0.2, 0.25) is 0 Å². The second-order valence-electron chi connectivity index (χ2n) is 7.75. The van der Waals surface area contributed by atoms with Gasteiger partial charge in [0.05, 0.1) is 16.8 Å². The van der Waals surface area contributed by atoms with E-state index in [4.69, 9.17) is 0 Å².